The molecule has 0 aliphatic heterocycles. The van der Waals surface area contributed by atoms with Crippen LogP contribution < -0.4 is 10.6 Å². The predicted molar refractivity (Wildman–Crippen MR) is 105 cm³/mol. The highest BCUT2D eigenvalue weighted by atomic mass is 35.5. The van der Waals surface area contributed by atoms with E-state index in [9.17, 15) is 9.59 Å². The molecule has 0 spiro atoms. The summed E-state index contributed by atoms with van der Waals surface area (Å²) >= 11 is 17.2. The van der Waals surface area contributed by atoms with Gasteiger partial charge in [-0.3, -0.25) is 0 Å². The molecule has 0 bridgehead atoms. The zero-order valence-corrected chi connectivity index (χ0v) is 16.1. The van der Waals surface area contributed by atoms with Crippen LogP contribution in [-0.4, -0.2) is 31.3 Å². The predicted octanol–water partition coefficient (Wildman–Crippen LogP) is 4.38. The van der Waals surface area contributed by atoms with Crippen LogP contribution >= 0.6 is 35.4 Å². The quantitative estimate of drug-likeness (QED) is 0.569. The van der Waals surface area contributed by atoms with Crippen molar-refractivity contribution in [2.45, 2.75) is 0 Å². The fraction of sp³-hybridized carbons (Fsp3) is 0.118. The molecule has 9 heteroatoms. The van der Waals surface area contributed by atoms with E-state index in [1.165, 1.54) is 32.4 Å². The first-order valence-corrected chi connectivity index (χ1v) is 8.36. The monoisotopic (exact) mass is 412 g/mol. The van der Waals surface area contributed by atoms with Crippen LogP contribution in [-0.2, 0) is 9.47 Å². The van der Waals surface area contributed by atoms with Gasteiger partial charge in [-0.2, -0.15) is 0 Å². The molecule has 2 aromatic rings. The lowest BCUT2D eigenvalue weighted by Gasteiger charge is -2.15. The smallest absolute Gasteiger partial charge is 0.339 e. The Kier molecular flexibility index (Phi) is 6.79. The minimum Gasteiger partial charge on any atom is -0.465 e. The third-order valence-corrected chi connectivity index (χ3v) is 4.03. The Morgan fingerprint density at radius 1 is 0.923 bits per heavy atom. The molecule has 6 nitrogen and oxygen atoms in total. The number of hydrogen-bond acceptors (Lipinski definition) is 5. The number of thiocarbonyl (C=S) groups is 1. The number of esters is 2. The maximum atomic E-state index is 11.9. The van der Waals surface area contributed by atoms with Gasteiger partial charge in [-0.05, 0) is 48.6 Å². The first-order chi connectivity index (χ1) is 12.3. The average Bonchev–Trinajstić information content (AvgIpc) is 2.62. The molecule has 0 saturated carbocycles. The van der Waals surface area contributed by atoms with Crippen LogP contribution in [0.5, 0.6) is 0 Å². The van der Waals surface area contributed by atoms with Crippen molar-refractivity contribution < 1.29 is 19.1 Å². The molecular weight excluding hydrogens is 399 g/mol. The van der Waals surface area contributed by atoms with Crippen molar-refractivity contribution in [3.8, 4) is 0 Å². The molecule has 0 heterocycles. The van der Waals surface area contributed by atoms with Crippen LogP contribution in [0.1, 0.15) is 20.7 Å². The molecule has 0 amide bonds. The van der Waals surface area contributed by atoms with Crippen LogP contribution in [0.3, 0.4) is 0 Å². The van der Waals surface area contributed by atoms with E-state index in [0.717, 1.165) is 0 Å². The maximum absolute atomic E-state index is 11.9. The number of benzene rings is 2. The first kappa shape index (κ1) is 20.0. The van der Waals surface area contributed by atoms with Gasteiger partial charge in [-0.25, -0.2) is 9.59 Å². The fourth-order valence-corrected chi connectivity index (χ4v) is 2.72. The van der Waals surface area contributed by atoms with Crippen molar-refractivity contribution in [2.75, 3.05) is 24.9 Å². The molecule has 2 rings (SSSR count). The lowest BCUT2D eigenvalue weighted by molar-refractivity contribution is 0.0587. The second-order valence-corrected chi connectivity index (χ2v) is 6.20. The summed E-state index contributed by atoms with van der Waals surface area (Å²) in [5, 5.41) is 6.76. The highest BCUT2D eigenvalue weighted by Crippen LogP contribution is 2.26. The Balaban J connectivity index is 2.28. The van der Waals surface area contributed by atoms with E-state index in [1.807, 2.05) is 0 Å². The van der Waals surface area contributed by atoms with Crippen LogP contribution in [0.15, 0.2) is 36.4 Å². The van der Waals surface area contributed by atoms with Crippen molar-refractivity contribution in [3.63, 3.8) is 0 Å². The number of carbonyl (C=O) groups is 2. The molecule has 2 aromatic carbocycles. The number of rotatable bonds is 4. The van der Waals surface area contributed by atoms with Gasteiger partial charge < -0.3 is 20.1 Å². The van der Waals surface area contributed by atoms with E-state index in [0.29, 0.717) is 15.7 Å². The number of hydrogen-bond donors (Lipinski definition) is 2. The van der Waals surface area contributed by atoms with E-state index in [2.05, 4.69) is 15.4 Å². The van der Waals surface area contributed by atoms with Gasteiger partial charge in [-0.15, -0.1) is 0 Å². The number of halogens is 2. The summed E-state index contributed by atoms with van der Waals surface area (Å²) in [6, 6.07) is 9.20. The van der Waals surface area contributed by atoms with Gasteiger partial charge in [0.05, 0.1) is 41.7 Å². The minimum absolute atomic E-state index is 0.154. The molecule has 0 aliphatic carbocycles. The highest BCUT2D eigenvalue weighted by Gasteiger charge is 2.16. The highest BCUT2D eigenvalue weighted by molar-refractivity contribution is 7.80. The summed E-state index contributed by atoms with van der Waals surface area (Å²) in [6.45, 7) is 0. The summed E-state index contributed by atoms with van der Waals surface area (Å²) in [7, 11) is 2.52. The zero-order valence-electron chi connectivity index (χ0n) is 13.8. The van der Waals surface area contributed by atoms with Crippen LogP contribution in [0, 0.1) is 0 Å². The van der Waals surface area contributed by atoms with Gasteiger partial charge >= 0.3 is 11.9 Å². The van der Waals surface area contributed by atoms with Gasteiger partial charge in [0, 0.05) is 5.02 Å². The average molecular weight is 413 g/mol. The summed E-state index contributed by atoms with van der Waals surface area (Å²) in [6.07, 6.45) is 0. The zero-order chi connectivity index (χ0) is 19.3. The van der Waals surface area contributed by atoms with Crippen LogP contribution in [0.25, 0.3) is 0 Å². The Hall–Kier alpha value is -2.35. The minimum atomic E-state index is -0.587. The molecule has 0 aromatic heterocycles. The SMILES string of the molecule is COC(=O)c1ccc(C(=O)OC)c(NC(=S)Nc2ccc(Cl)cc2Cl)c1. The van der Waals surface area contributed by atoms with Gasteiger partial charge in [0.1, 0.15) is 0 Å². The van der Waals surface area contributed by atoms with E-state index >= 15 is 0 Å². The lowest BCUT2D eigenvalue weighted by Crippen LogP contribution is -2.21. The van der Waals surface area contributed by atoms with Crippen molar-refractivity contribution in [1.29, 1.82) is 0 Å². The topological polar surface area (TPSA) is 76.7 Å². The normalized spacial score (nSPS) is 10.0. The van der Waals surface area contributed by atoms with E-state index in [1.54, 1.807) is 18.2 Å². The second kappa shape index (κ2) is 8.84. The molecule has 0 atom stereocenters. The largest absolute Gasteiger partial charge is 0.465 e. The van der Waals surface area contributed by atoms with Crippen molar-refractivity contribution in [1.82, 2.24) is 0 Å². The van der Waals surface area contributed by atoms with E-state index in [4.69, 9.17) is 40.2 Å². The Bertz CT molecular complexity index is 874. The third kappa shape index (κ3) is 4.85. The van der Waals surface area contributed by atoms with Crippen molar-refractivity contribution in [2.24, 2.45) is 0 Å². The Labute approximate surface area is 165 Å². The summed E-state index contributed by atoms with van der Waals surface area (Å²) in [5.41, 5.74) is 1.25. The van der Waals surface area contributed by atoms with Gasteiger partial charge in [-0.1, -0.05) is 23.2 Å². The molecule has 136 valence electrons. The van der Waals surface area contributed by atoms with Gasteiger partial charge in [0.15, 0.2) is 5.11 Å². The lowest BCUT2D eigenvalue weighted by atomic mass is 10.1. The molecule has 0 saturated heterocycles. The number of anilines is 2. The molecule has 0 aliphatic rings. The number of methoxy groups -OCH3 is 2. The second-order valence-electron chi connectivity index (χ2n) is 4.95. The maximum Gasteiger partial charge on any atom is 0.339 e. The number of carbonyl (C=O) groups excluding carboxylic acids is 2. The molecule has 2 N–H and O–H groups in total. The van der Waals surface area contributed by atoms with Crippen molar-refractivity contribution >= 4 is 63.8 Å². The summed E-state index contributed by atoms with van der Waals surface area (Å²) in [4.78, 5) is 23.7. The molecule has 0 fully saturated rings. The molecular formula is C17H14Cl2N2O4S. The summed E-state index contributed by atoms with van der Waals surface area (Å²) < 4.78 is 9.43. The number of nitrogens with one attached hydrogen (secondary N) is 2. The molecule has 26 heavy (non-hydrogen) atoms. The standard InChI is InChI=1S/C17H14Cl2N2O4S/c1-24-15(22)9-3-5-11(16(23)25-2)14(7-9)21-17(26)20-13-6-4-10(18)8-12(13)19/h3-8H,1-2H3,(H2,20,21,26). The van der Waals surface area contributed by atoms with Crippen LogP contribution in [0.2, 0.25) is 10.0 Å². The van der Waals surface area contributed by atoms with E-state index < -0.39 is 11.9 Å². The fourth-order valence-electron chi connectivity index (χ4n) is 2.05. The molecule has 0 unspecified atom stereocenters. The molecule has 0 radical (unpaired) electrons. The van der Waals surface area contributed by atoms with Gasteiger partial charge in [0.2, 0.25) is 0 Å². The van der Waals surface area contributed by atoms with Crippen LogP contribution in [0.4, 0.5) is 11.4 Å². The Morgan fingerprint density at radius 2 is 1.58 bits per heavy atom. The van der Waals surface area contributed by atoms with Crippen molar-refractivity contribution in [3.05, 3.63) is 57.6 Å². The number of ether oxygens (including phenoxy) is 2. The third-order valence-electron chi connectivity index (χ3n) is 3.27. The first-order valence-electron chi connectivity index (χ1n) is 7.19. The summed E-state index contributed by atoms with van der Waals surface area (Å²) in [5.74, 6) is -1.14. The van der Waals surface area contributed by atoms with Gasteiger partial charge in [0.25, 0.3) is 0 Å². The van der Waals surface area contributed by atoms with E-state index in [-0.39, 0.29) is 21.9 Å². The Morgan fingerprint density at radius 3 is 2.19 bits per heavy atom.